The van der Waals surface area contributed by atoms with Crippen LogP contribution in [0.1, 0.15) is 46.9 Å². The van der Waals surface area contributed by atoms with Crippen molar-refractivity contribution in [2.75, 3.05) is 5.32 Å². The molecule has 5 aromatic rings. The van der Waals surface area contributed by atoms with Crippen molar-refractivity contribution in [3.8, 4) is 0 Å². The van der Waals surface area contributed by atoms with E-state index in [0.29, 0.717) is 40.5 Å². The SMILES string of the molecule is Cc1cccn2c(=O)c3cc(C(=O)Nc4ccc(C(C)C)cc4)n(Cc4ccccc4)c3nc12. The molecule has 3 aromatic heterocycles. The van der Waals surface area contributed by atoms with Crippen molar-refractivity contribution in [3.63, 3.8) is 0 Å². The van der Waals surface area contributed by atoms with Crippen molar-refractivity contribution in [1.82, 2.24) is 14.0 Å². The molecular weight excluding hydrogens is 424 g/mol. The van der Waals surface area contributed by atoms with E-state index in [2.05, 4.69) is 19.2 Å². The van der Waals surface area contributed by atoms with Crippen LogP contribution in [-0.2, 0) is 6.54 Å². The highest BCUT2D eigenvalue weighted by atomic mass is 16.2. The Hall–Kier alpha value is -4.19. The highest BCUT2D eigenvalue weighted by Crippen LogP contribution is 2.22. The normalized spacial score (nSPS) is 11.4. The Morgan fingerprint density at radius 2 is 1.71 bits per heavy atom. The molecule has 0 aliphatic rings. The van der Waals surface area contributed by atoms with Gasteiger partial charge in [-0.3, -0.25) is 14.0 Å². The number of carbonyl (C=O) groups excluding carboxylic acids is 1. The molecule has 5 rings (SSSR count). The number of rotatable bonds is 5. The summed E-state index contributed by atoms with van der Waals surface area (Å²) in [5.41, 5.74) is 5.11. The lowest BCUT2D eigenvalue weighted by atomic mass is 10.0. The maximum atomic E-state index is 13.4. The molecule has 0 saturated heterocycles. The summed E-state index contributed by atoms with van der Waals surface area (Å²) in [7, 11) is 0. The van der Waals surface area contributed by atoms with Crippen molar-refractivity contribution >= 4 is 28.3 Å². The second-order valence-electron chi connectivity index (χ2n) is 8.87. The summed E-state index contributed by atoms with van der Waals surface area (Å²) in [5, 5.41) is 3.40. The molecule has 0 unspecified atom stereocenters. The third kappa shape index (κ3) is 3.88. The summed E-state index contributed by atoms with van der Waals surface area (Å²) in [4.78, 5) is 31.6. The van der Waals surface area contributed by atoms with Gasteiger partial charge in [-0.25, -0.2) is 4.98 Å². The largest absolute Gasteiger partial charge is 0.321 e. The van der Waals surface area contributed by atoms with Gasteiger partial charge in [0.25, 0.3) is 11.5 Å². The molecule has 0 spiro atoms. The third-order valence-electron chi connectivity index (χ3n) is 6.14. The van der Waals surface area contributed by atoms with E-state index in [0.717, 1.165) is 11.1 Å². The van der Waals surface area contributed by atoms with Crippen LogP contribution < -0.4 is 10.9 Å². The van der Waals surface area contributed by atoms with Crippen molar-refractivity contribution in [2.24, 2.45) is 0 Å². The predicted octanol–water partition coefficient (Wildman–Crippen LogP) is 5.38. The van der Waals surface area contributed by atoms with Gasteiger partial charge in [0.05, 0.1) is 5.39 Å². The minimum atomic E-state index is -0.281. The molecule has 0 aliphatic carbocycles. The van der Waals surface area contributed by atoms with Gasteiger partial charge in [-0.1, -0.05) is 62.4 Å². The molecule has 6 nitrogen and oxygen atoms in total. The Balaban J connectivity index is 1.65. The summed E-state index contributed by atoms with van der Waals surface area (Å²) in [6.45, 7) is 6.61. The monoisotopic (exact) mass is 450 g/mol. The van der Waals surface area contributed by atoms with Gasteiger partial charge in [-0.2, -0.15) is 0 Å². The number of aryl methyl sites for hydroxylation is 1. The summed E-state index contributed by atoms with van der Waals surface area (Å²) in [5.74, 6) is 0.131. The predicted molar refractivity (Wildman–Crippen MR) is 136 cm³/mol. The van der Waals surface area contributed by atoms with Gasteiger partial charge >= 0.3 is 0 Å². The van der Waals surface area contributed by atoms with Crippen LogP contribution in [0.15, 0.2) is 83.8 Å². The van der Waals surface area contributed by atoms with Crippen LogP contribution in [0.4, 0.5) is 5.69 Å². The molecule has 6 heteroatoms. The van der Waals surface area contributed by atoms with Gasteiger partial charge in [0.15, 0.2) is 0 Å². The van der Waals surface area contributed by atoms with E-state index < -0.39 is 0 Å². The van der Waals surface area contributed by atoms with Crippen molar-refractivity contribution in [3.05, 3.63) is 112 Å². The zero-order chi connectivity index (χ0) is 23.8. The molecule has 0 fully saturated rings. The summed E-state index contributed by atoms with van der Waals surface area (Å²) < 4.78 is 3.37. The van der Waals surface area contributed by atoms with Crippen LogP contribution in [0.3, 0.4) is 0 Å². The van der Waals surface area contributed by atoms with Gasteiger partial charge in [0.1, 0.15) is 17.0 Å². The summed E-state index contributed by atoms with van der Waals surface area (Å²) in [6.07, 6.45) is 1.71. The minimum absolute atomic E-state index is 0.189. The number of hydrogen-bond donors (Lipinski definition) is 1. The van der Waals surface area contributed by atoms with E-state index in [4.69, 9.17) is 4.98 Å². The van der Waals surface area contributed by atoms with E-state index in [9.17, 15) is 9.59 Å². The first-order valence-corrected chi connectivity index (χ1v) is 11.4. The maximum absolute atomic E-state index is 13.4. The van der Waals surface area contributed by atoms with Gasteiger partial charge < -0.3 is 9.88 Å². The number of amides is 1. The average molecular weight is 451 g/mol. The smallest absolute Gasteiger partial charge is 0.272 e. The van der Waals surface area contributed by atoms with Crippen molar-refractivity contribution < 1.29 is 4.79 Å². The Labute approximate surface area is 197 Å². The number of fused-ring (bicyclic) bond motifs is 2. The Kier molecular flexibility index (Phi) is 5.49. The van der Waals surface area contributed by atoms with Crippen molar-refractivity contribution in [1.29, 1.82) is 0 Å². The first-order valence-electron chi connectivity index (χ1n) is 11.4. The number of benzene rings is 2. The van der Waals surface area contributed by atoms with Gasteiger partial charge in [-0.15, -0.1) is 0 Å². The van der Waals surface area contributed by atoms with Crippen LogP contribution in [-0.4, -0.2) is 19.9 Å². The number of aromatic nitrogens is 3. The zero-order valence-corrected chi connectivity index (χ0v) is 19.4. The third-order valence-corrected chi connectivity index (χ3v) is 6.14. The average Bonchev–Trinajstić information content (AvgIpc) is 3.20. The minimum Gasteiger partial charge on any atom is -0.321 e. The first kappa shape index (κ1) is 21.6. The number of carbonyl (C=O) groups is 1. The fraction of sp³-hybridized carbons (Fsp3) is 0.179. The number of pyridine rings is 1. The molecule has 0 radical (unpaired) electrons. The second kappa shape index (κ2) is 8.63. The molecule has 1 amide bonds. The van der Waals surface area contributed by atoms with Crippen LogP contribution in [0, 0.1) is 6.92 Å². The van der Waals surface area contributed by atoms with Crippen LogP contribution >= 0.6 is 0 Å². The molecule has 34 heavy (non-hydrogen) atoms. The molecule has 0 atom stereocenters. The molecule has 0 saturated carbocycles. The van der Waals surface area contributed by atoms with E-state index in [1.807, 2.05) is 78.2 Å². The maximum Gasteiger partial charge on any atom is 0.272 e. The van der Waals surface area contributed by atoms with E-state index in [-0.39, 0.29) is 11.5 Å². The Bertz CT molecular complexity index is 1560. The molecule has 2 aromatic carbocycles. The van der Waals surface area contributed by atoms with E-state index in [1.165, 1.54) is 9.96 Å². The van der Waals surface area contributed by atoms with Crippen molar-refractivity contribution in [2.45, 2.75) is 33.2 Å². The standard InChI is InChI=1S/C28H26N4O2/c1-18(2)21-11-13-22(14-12-21)29-27(33)24-16-23-26(32(24)17-20-9-5-4-6-10-20)30-25-19(3)8-7-15-31(25)28(23)34/h4-16,18H,17H2,1-3H3,(H,29,33). The van der Waals surface area contributed by atoms with Gasteiger partial charge in [-0.05, 0) is 53.8 Å². The Morgan fingerprint density at radius 1 is 0.971 bits per heavy atom. The molecular formula is C28H26N4O2. The number of nitrogens with one attached hydrogen (secondary N) is 1. The van der Waals surface area contributed by atoms with E-state index in [1.54, 1.807) is 12.3 Å². The Morgan fingerprint density at radius 3 is 2.41 bits per heavy atom. The molecule has 0 aliphatic heterocycles. The molecule has 0 bridgehead atoms. The van der Waals surface area contributed by atoms with Gasteiger partial charge in [0.2, 0.25) is 0 Å². The fourth-order valence-electron chi connectivity index (χ4n) is 4.22. The second-order valence-corrected chi connectivity index (χ2v) is 8.87. The van der Waals surface area contributed by atoms with Crippen LogP contribution in [0.25, 0.3) is 16.7 Å². The lowest BCUT2D eigenvalue weighted by Crippen LogP contribution is -2.18. The van der Waals surface area contributed by atoms with Crippen LogP contribution in [0.5, 0.6) is 0 Å². The molecule has 170 valence electrons. The lowest BCUT2D eigenvalue weighted by Gasteiger charge is -2.12. The first-order chi connectivity index (χ1) is 16.4. The molecule has 3 heterocycles. The highest BCUT2D eigenvalue weighted by molar-refractivity contribution is 6.06. The highest BCUT2D eigenvalue weighted by Gasteiger charge is 2.20. The van der Waals surface area contributed by atoms with E-state index >= 15 is 0 Å². The number of hydrogen-bond acceptors (Lipinski definition) is 3. The molecule has 1 N–H and O–H groups in total. The zero-order valence-electron chi connectivity index (χ0n) is 19.4. The quantitative estimate of drug-likeness (QED) is 0.391. The lowest BCUT2D eigenvalue weighted by molar-refractivity contribution is 0.101. The topological polar surface area (TPSA) is 68.4 Å². The van der Waals surface area contributed by atoms with Crippen LogP contribution in [0.2, 0.25) is 0 Å². The number of nitrogens with zero attached hydrogens (tertiary/aromatic N) is 3. The summed E-state index contributed by atoms with van der Waals surface area (Å²) in [6, 6.07) is 23.1. The summed E-state index contributed by atoms with van der Waals surface area (Å²) >= 11 is 0. The number of anilines is 1. The fourth-order valence-corrected chi connectivity index (χ4v) is 4.22. The van der Waals surface area contributed by atoms with Gasteiger partial charge in [0, 0.05) is 18.4 Å².